The van der Waals surface area contributed by atoms with Crippen LogP contribution in [-0.2, 0) is 0 Å². The van der Waals surface area contributed by atoms with Gasteiger partial charge in [0.25, 0.3) is 0 Å². The van der Waals surface area contributed by atoms with E-state index in [2.05, 4.69) is 29.6 Å². The third kappa shape index (κ3) is 4.45. The Bertz CT molecular complexity index is 540. The first-order valence-corrected chi connectivity index (χ1v) is 9.79. The quantitative estimate of drug-likeness (QED) is 0.827. The lowest BCUT2D eigenvalue weighted by Gasteiger charge is -2.34. The minimum Gasteiger partial charge on any atom is -0.396 e. The number of carbonyl (C=O) groups excluding carboxylic acids is 1. The summed E-state index contributed by atoms with van der Waals surface area (Å²) >= 11 is 1.89. The average molecular weight is 349 g/mol. The second kappa shape index (κ2) is 7.79. The predicted molar refractivity (Wildman–Crippen MR) is 98.3 cm³/mol. The Morgan fingerprint density at radius 1 is 1.25 bits per heavy atom. The van der Waals surface area contributed by atoms with Crippen LogP contribution < -0.4 is 5.32 Å². The number of hydrogen-bond acceptors (Lipinski definition) is 3. The molecule has 1 aromatic rings. The van der Waals surface area contributed by atoms with Crippen molar-refractivity contribution in [2.75, 3.05) is 20.2 Å². The Morgan fingerprint density at radius 3 is 2.50 bits per heavy atom. The number of aliphatic hydroxyl groups is 1. The summed E-state index contributed by atoms with van der Waals surface area (Å²) in [6, 6.07) is 10.8. The highest BCUT2D eigenvalue weighted by molar-refractivity contribution is 8.01. The maximum Gasteiger partial charge on any atom is 0.317 e. The molecule has 0 bridgehead atoms. The van der Waals surface area contributed by atoms with Gasteiger partial charge in [0, 0.05) is 35.9 Å². The molecule has 24 heavy (non-hydrogen) atoms. The van der Waals surface area contributed by atoms with E-state index in [9.17, 15) is 9.90 Å². The lowest BCUT2D eigenvalue weighted by molar-refractivity contribution is 0.134. The summed E-state index contributed by atoms with van der Waals surface area (Å²) in [6.45, 7) is 1.02. The number of rotatable bonds is 6. The van der Waals surface area contributed by atoms with Gasteiger partial charge >= 0.3 is 6.03 Å². The van der Waals surface area contributed by atoms with Gasteiger partial charge in [-0.3, -0.25) is 0 Å². The molecule has 2 saturated carbocycles. The number of thioether (sulfide) groups is 1. The Balaban J connectivity index is 1.45. The number of nitrogens with one attached hydrogen (secondary N) is 1. The van der Waals surface area contributed by atoms with Gasteiger partial charge in [-0.1, -0.05) is 18.2 Å². The summed E-state index contributed by atoms with van der Waals surface area (Å²) < 4.78 is 0.187. The molecular formula is C19H28N2O2S. The maximum atomic E-state index is 12.5. The zero-order valence-corrected chi connectivity index (χ0v) is 15.2. The number of aliphatic hydroxyl groups excluding tert-OH is 1. The summed E-state index contributed by atoms with van der Waals surface area (Å²) in [6.07, 6.45) is 6.37. The highest BCUT2D eigenvalue weighted by Gasteiger charge is 2.44. The molecule has 132 valence electrons. The van der Waals surface area contributed by atoms with Crippen LogP contribution in [0.4, 0.5) is 4.79 Å². The molecule has 0 spiro atoms. The maximum absolute atomic E-state index is 12.5. The first kappa shape index (κ1) is 17.6. The van der Waals surface area contributed by atoms with E-state index in [1.54, 1.807) is 0 Å². The topological polar surface area (TPSA) is 52.6 Å². The lowest BCUT2D eigenvalue weighted by atomic mass is 9.86. The van der Waals surface area contributed by atoms with E-state index in [0.717, 1.165) is 45.1 Å². The highest BCUT2D eigenvalue weighted by Crippen LogP contribution is 2.51. The summed E-state index contributed by atoms with van der Waals surface area (Å²) in [7, 11) is 1.91. The third-order valence-electron chi connectivity index (χ3n) is 5.39. The first-order valence-electron chi connectivity index (χ1n) is 8.97. The first-order chi connectivity index (χ1) is 11.6. The molecule has 1 aromatic carbocycles. The average Bonchev–Trinajstić information content (AvgIpc) is 3.39. The molecule has 2 N–H and O–H groups in total. The zero-order chi connectivity index (χ0) is 17.0. The number of nitrogens with zero attached hydrogens (tertiary/aromatic N) is 1. The van der Waals surface area contributed by atoms with Gasteiger partial charge in [-0.05, 0) is 56.6 Å². The van der Waals surface area contributed by atoms with Gasteiger partial charge in [0.2, 0.25) is 0 Å². The van der Waals surface area contributed by atoms with Gasteiger partial charge in [0.1, 0.15) is 0 Å². The van der Waals surface area contributed by atoms with E-state index in [1.807, 2.05) is 29.8 Å². The molecule has 2 aliphatic rings. The van der Waals surface area contributed by atoms with Crippen molar-refractivity contribution in [3.8, 4) is 0 Å². The fourth-order valence-electron chi connectivity index (χ4n) is 3.43. The van der Waals surface area contributed by atoms with E-state index in [4.69, 9.17) is 0 Å². The molecule has 2 amide bonds. The van der Waals surface area contributed by atoms with Crippen LogP contribution in [0, 0.1) is 5.92 Å². The van der Waals surface area contributed by atoms with E-state index in [1.165, 1.54) is 4.90 Å². The summed E-state index contributed by atoms with van der Waals surface area (Å²) in [5.74, 6) is 0.426. The van der Waals surface area contributed by atoms with Crippen molar-refractivity contribution in [3.05, 3.63) is 30.3 Å². The number of carbonyl (C=O) groups is 1. The Kier molecular flexibility index (Phi) is 5.72. The lowest BCUT2D eigenvalue weighted by Crippen LogP contribution is -2.47. The molecule has 0 saturated heterocycles. The van der Waals surface area contributed by atoms with E-state index < -0.39 is 0 Å². The number of benzene rings is 1. The molecule has 0 heterocycles. The third-order valence-corrected chi connectivity index (χ3v) is 6.88. The number of amides is 2. The minimum atomic E-state index is 0.0439. The number of urea groups is 1. The molecule has 0 unspecified atom stereocenters. The summed E-state index contributed by atoms with van der Waals surface area (Å²) in [5, 5.41) is 12.4. The van der Waals surface area contributed by atoms with Gasteiger partial charge in [0.05, 0.1) is 0 Å². The van der Waals surface area contributed by atoms with Crippen molar-refractivity contribution in [1.82, 2.24) is 10.2 Å². The monoisotopic (exact) mass is 348 g/mol. The van der Waals surface area contributed by atoms with Crippen LogP contribution in [0.25, 0.3) is 0 Å². The molecule has 0 atom stereocenters. The SMILES string of the molecule is CN(C(=O)NCC1(Sc2ccccc2)CC1)C1CCC(CO)CC1. The second-order valence-electron chi connectivity index (χ2n) is 7.22. The predicted octanol–water partition coefficient (Wildman–Crippen LogP) is 3.50. The van der Waals surface area contributed by atoms with Crippen LogP contribution in [0.2, 0.25) is 0 Å². The van der Waals surface area contributed by atoms with Gasteiger partial charge < -0.3 is 15.3 Å². The van der Waals surface area contributed by atoms with Gasteiger partial charge in [-0.15, -0.1) is 11.8 Å². The smallest absolute Gasteiger partial charge is 0.317 e. The van der Waals surface area contributed by atoms with Crippen LogP contribution in [0.3, 0.4) is 0 Å². The molecule has 4 nitrogen and oxygen atoms in total. The van der Waals surface area contributed by atoms with Crippen LogP contribution in [-0.4, -0.2) is 47.0 Å². The summed E-state index contributed by atoms with van der Waals surface area (Å²) in [5.41, 5.74) is 0. The standard InChI is InChI=1S/C19H28N2O2S/c1-21(16-9-7-15(13-22)8-10-16)18(23)20-14-19(11-12-19)24-17-5-3-2-4-6-17/h2-6,15-16,22H,7-14H2,1H3,(H,20,23). The van der Waals surface area contributed by atoms with Crippen LogP contribution in [0.15, 0.2) is 35.2 Å². The van der Waals surface area contributed by atoms with Crippen molar-refractivity contribution in [1.29, 1.82) is 0 Å². The van der Waals surface area contributed by atoms with Crippen LogP contribution in [0.1, 0.15) is 38.5 Å². The fourth-order valence-corrected chi connectivity index (χ4v) is 4.68. The zero-order valence-electron chi connectivity index (χ0n) is 14.4. The van der Waals surface area contributed by atoms with E-state index in [-0.39, 0.29) is 17.4 Å². The normalized spacial score (nSPS) is 25.1. The highest BCUT2D eigenvalue weighted by atomic mass is 32.2. The molecular weight excluding hydrogens is 320 g/mol. The molecule has 5 heteroatoms. The van der Waals surface area contributed by atoms with Crippen molar-refractivity contribution in [2.45, 2.75) is 54.2 Å². The molecule has 2 fully saturated rings. The number of hydrogen-bond donors (Lipinski definition) is 2. The van der Waals surface area contributed by atoms with Gasteiger partial charge in [0.15, 0.2) is 0 Å². The molecule has 0 aromatic heterocycles. The molecule has 2 aliphatic carbocycles. The van der Waals surface area contributed by atoms with Crippen molar-refractivity contribution >= 4 is 17.8 Å². The van der Waals surface area contributed by atoms with Gasteiger partial charge in [-0.2, -0.15) is 0 Å². The molecule has 0 radical (unpaired) electrons. The Morgan fingerprint density at radius 2 is 1.92 bits per heavy atom. The Labute approximate surface area is 149 Å². The fraction of sp³-hybridized carbons (Fsp3) is 0.632. The molecule has 0 aliphatic heterocycles. The van der Waals surface area contributed by atoms with E-state index in [0.29, 0.717) is 12.0 Å². The summed E-state index contributed by atoms with van der Waals surface area (Å²) in [4.78, 5) is 15.6. The van der Waals surface area contributed by atoms with Crippen LogP contribution in [0.5, 0.6) is 0 Å². The van der Waals surface area contributed by atoms with E-state index >= 15 is 0 Å². The van der Waals surface area contributed by atoms with Crippen molar-refractivity contribution in [3.63, 3.8) is 0 Å². The van der Waals surface area contributed by atoms with Crippen LogP contribution >= 0.6 is 11.8 Å². The largest absolute Gasteiger partial charge is 0.396 e. The molecule has 3 rings (SSSR count). The van der Waals surface area contributed by atoms with Crippen molar-refractivity contribution < 1.29 is 9.90 Å². The van der Waals surface area contributed by atoms with Gasteiger partial charge in [-0.25, -0.2) is 4.79 Å². The second-order valence-corrected chi connectivity index (χ2v) is 8.77. The minimum absolute atomic E-state index is 0.0439. The Hall–Kier alpha value is -1.20. The van der Waals surface area contributed by atoms with Crippen molar-refractivity contribution in [2.24, 2.45) is 5.92 Å².